The van der Waals surface area contributed by atoms with Gasteiger partial charge in [-0.3, -0.25) is 19.2 Å². The fraction of sp³-hybridized carbons (Fsp3) is 0.467. The summed E-state index contributed by atoms with van der Waals surface area (Å²) in [7, 11) is 0. The molecule has 8 heteroatoms. The number of hydrogen-bond donors (Lipinski definition) is 4. The minimum atomic E-state index is -2.81. The molecule has 6 atom stereocenters. The van der Waals surface area contributed by atoms with Crippen molar-refractivity contribution >= 4 is 28.9 Å². The molecule has 1 fully saturated rings. The van der Waals surface area contributed by atoms with Crippen LogP contribution in [0.4, 0.5) is 0 Å². The molecule has 0 bridgehead atoms. The van der Waals surface area contributed by atoms with E-state index in [2.05, 4.69) is 6.58 Å². The highest BCUT2D eigenvalue weighted by Gasteiger charge is 2.76. The van der Waals surface area contributed by atoms with Gasteiger partial charge in [0.2, 0.25) is 5.78 Å². The molecule has 8 nitrogen and oxygen atoms in total. The largest absolute Gasteiger partial charge is 0.508 e. The lowest BCUT2D eigenvalue weighted by molar-refractivity contribution is -0.199. The maximum absolute atomic E-state index is 14.5. The van der Waals surface area contributed by atoms with E-state index in [1.807, 2.05) is 0 Å². The molecule has 0 heterocycles. The first kappa shape index (κ1) is 27.5. The number of fused-ring (bicyclic) bond motifs is 3. The Morgan fingerprint density at radius 1 is 1.13 bits per heavy atom. The van der Waals surface area contributed by atoms with Gasteiger partial charge in [0.05, 0.1) is 5.56 Å². The van der Waals surface area contributed by atoms with Crippen LogP contribution in [0.3, 0.4) is 0 Å². The van der Waals surface area contributed by atoms with Crippen LogP contribution in [0.15, 0.2) is 47.8 Å². The Kier molecular flexibility index (Phi) is 6.15. The van der Waals surface area contributed by atoms with Gasteiger partial charge >= 0.3 is 0 Å². The van der Waals surface area contributed by atoms with Gasteiger partial charge in [0.15, 0.2) is 23.0 Å². The van der Waals surface area contributed by atoms with Crippen molar-refractivity contribution in [3.05, 3.63) is 58.9 Å². The van der Waals surface area contributed by atoms with Gasteiger partial charge in [-0.1, -0.05) is 53.3 Å². The Morgan fingerprint density at radius 2 is 1.74 bits per heavy atom. The van der Waals surface area contributed by atoms with Gasteiger partial charge in [0.25, 0.3) is 0 Å². The van der Waals surface area contributed by atoms with Gasteiger partial charge in [0.1, 0.15) is 22.8 Å². The maximum atomic E-state index is 14.5. The van der Waals surface area contributed by atoms with Crippen molar-refractivity contribution in [3.8, 4) is 5.75 Å². The highest BCUT2D eigenvalue weighted by Crippen LogP contribution is 2.71. The van der Waals surface area contributed by atoms with Crippen LogP contribution in [-0.2, 0) is 19.2 Å². The highest BCUT2D eigenvalue weighted by molar-refractivity contribution is 6.24. The lowest BCUT2D eigenvalue weighted by atomic mass is 9.37. The Morgan fingerprint density at radius 3 is 2.26 bits per heavy atom. The van der Waals surface area contributed by atoms with E-state index in [1.165, 1.54) is 13.0 Å². The van der Waals surface area contributed by atoms with Crippen LogP contribution in [0.5, 0.6) is 5.75 Å². The topological polar surface area (TPSA) is 149 Å². The van der Waals surface area contributed by atoms with Gasteiger partial charge in [0, 0.05) is 28.7 Å². The maximum Gasteiger partial charge on any atom is 0.203 e. The molecule has 1 saturated carbocycles. The molecule has 0 amide bonds. The van der Waals surface area contributed by atoms with Crippen molar-refractivity contribution in [2.75, 3.05) is 0 Å². The lowest BCUT2D eigenvalue weighted by Gasteiger charge is -2.65. The molecule has 0 radical (unpaired) electrons. The number of benzene rings is 1. The smallest absolute Gasteiger partial charge is 0.203 e. The number of aliphatic hydroxyl groups excluding tert-OH is 2. The van der Waals surface area contributed by atoms with E-state index in [0.29, 0.717) is 5.56 Å². The summed E-state index contributed by atoms with van der Waals surface area (Å²) in [5.41, 5.74) is -6.30. The molecule has 4 N–H and O–H groups in total. The fourth-order valence-electron chi connectivity index (χ4n) is 7.80. The number of aromatic hydroxyl groups is 1. The van der Waals surface area contributed by atoms with Gasteiger partial charge in [-0.2, -0.15) is 0 Å². The van der Waals surface area contributed by atoms with Crippen LogP contribution in [0.25, 0.3) is 5.76 Å². The van der Waals surface area contributed by atoms with Crippen molar-refractivity contribution in [2.45, 2.75) is 59.5 Å². The van der Waals surface area contributed by atoms with Crippen LogP contribution >= 0.6 is 0 Å². The standard InChI is InChI=1S/C30H34O8/c1-8-16(32)12-19-28(6)14(4)17-10-9-11-18(33)21(17)25(35)23(28)27(37)30(38)26(36)20(15(5)31)24(34)22(13(2)3)29(19,30)7/h8-11,13-14,19,22,33,35-36,38H,1,12H2,2-7H3/t14-,19-,22?,28-,29-,30+/m1/s1. The van der Waals surface area contributed by atoms with Gasteiger partial charge in [-0.05, 0) is 42.4 Å². The predicted molar refractivity (Wildman–Crippen MR) is 139 cm³/mol. The summed E-state index contributed by atoms with van der Waals surface area (Å²) >= 11 is 0. The first-order valence-electron chi connectivity index (χ1n) is 12.7. The Hall–Kier alpha value is -3.52. The number of phenolic OH excluding ortho intramolecular Hbond substituents is 1. The zero-order chi connectivity index (χ0) is 28.7. The van der Waals surface area contributed by atoms with Crippen LogP contribution in [-0.4, -0.2) is 49.2 Å². The third kappa shape index (κ3) is 3.01. The van der Waals surface area contributed by atoms with E-state index in [4.69, 9.17) is 0 Å². The summed E-state index contributed by atoms with van der Waals surface area (Å²) in [6.45, 7) is 13.1. The quantitative estimate of drug-likeness (QED) is 0.333. The van der Waals surface area contributed by atoms with E-state index < -0.39 is 80.3 Å². The second-order valence-electron chi connectivity index (χ2n) is 11.6. The number of ketones is 4. The molecule has 1 unspecified atom stereocenters. The van der Waals surface area contributed by atoms with E-state index in [-0.39, 0.29) is 23.3 Å². The second-order valence-corrected chi connectivity index (χ2v) is 11.6. The summed E-state index contributed by atoms with van der Waals surface area (Å²) in [5.74, 6) is -8.15. The van der Waals surface area contributed by atoms with Crippen molar-refractivity contribution in [1.29, 1.82) is 0 Å². The lowest BCUT2D eigenvalue weighted by Crippen LogP contribution is -2.73. The number of carbonyl (C=O) groups is 4. The molecule has 202 valence electrons. The fourth-order valence-corrected chi connectivity index (χ4v) is 7.80. The molecule has 0 aromatic heterocycles. The summed E-state index contributed by atoms with van der Waals surface area (Å²) in [5, 5.41) is 45.9. The summed E-state index contributed by atoms with van der Waals surface area (Å²) < 4.78 is 0. The first-order chi connectivity index (χ1) is 17.5. The number of phenols is 1. The van der Waals surface area contributed by atoms with Crippen molar-refractivity contribution in [3.63, 3.8) is 0 Å². The van der Waals surface area contributed by atoms with Gasteiger partial charge < -0.3 is 20.4 Å². The van der Waals surface area contributed by atoms with Crippen molar-refractivity contribution in [1.82, 2.24) is 0 Å². The number of Topliss-reactive ketones (excluding diaryl/α,β-unsaturated/α-hetero) is 3. The number of aliphatic hydroxyl groups is 3. The molecule has 4 rings (SSSR count). The van der Waals surface area contributed by atoms with E-state index in [1.54, 1.807) is 39.8 Å². The molecule has 1 aromatic rings. The third-order valence-corrected chi connectivity index (χ3v) is 9.64. The Balaban J connectivity index is 2.24. The number of rotatable bonds is 5. The van der Waals surface area contributed by atoms with Crippen LogP contribution < -0.4 is 0 Å². The number of hydrogen-bond acceptors (Lipinski definition) is 8. The molecule has 3 aliphatic rings. The van der Waals surface area contributed by atoms with E-state index in [0.717, 1.165) is 13.0 Å². The number of carbonyl (C=O) groups excluding carboxylic acids is 4. The summed E-state index contributed by atoms with van der Waals surface area (Å²) in [6, 6.07) is 4.66. The van der Waals surface area contributed by atoms with Crippen molar-refractivity contribution < 1.29 is 39.6 Å². The Labute approximate surface area is 221 Å². The average Bonchev–Trinajstić information content (AvgIpc) is 2.82. The van der Waals surface area contributed by atoms with Gasteiger partial charge in [-0.15, -0.1) is 0 Å². The molecule has 38 heavy (non-hydrogen) atoms. The minimum Gasteiger partial charge on any atom is -0.508 e. The summed E-state index contributed by atoms with van der Waals surface area (Å²) in [4.78, 5) is 53.9. The molecular formula is C30H34O8. The van der Waals surface area contributed by atoms with E-state index >= 15 is 0 Å². The van der Waals surface area contributed by atoms with Crippen LogP contribution in [0.1, 0.15) is 65.0 Å². The molecular weight excluding hydrogens is 488 g/mol. The Bertz CT molecular complexity index is 1380. The van der Waals surface area contributed by atoms with Gasteiger partial charge in [-0.25, -0.2) is 0 Å². The number of allylic oxidation sites excluding steroid dienone is 2. The van der Waals surface area contributed by atoms with Crippen LogP contribution in [0, 0.1) is 28.6 Å². The molecule has 0 spiro atoms. The second kappa shape index (κ2) is 8.50. The zero-order valence-electron chi connectivity index (χ0n) is 22.5. The third-order valence-electron chi connectivity index (χ3n) is 9.64. The minimum absolute atomic E-state index is 0.0179. The van der Waals surface area contributed by atoms with Crippen LogP contribution in [0.2, 0.25) is 0 Å². The first-order valence-corrected chi connectivity index (χ1v) is 12.7. The molecule has 0 aliphatic heterocycles. The predicted octanol–water partition coefficient (Wildman–Crippen LogP) is 4.12. The monoisotopic (exact) mass is 522 g/mol. The summed E-state index contributed by atoms with van der Waals surface area (Å²) in [6.07, 6.45) is 0.852. The van der Waals surface area contributed by atoms with E-state index in [9.17, 15) is 39.6 Å². The van der Waals surface area contributed by atoms with Crippen molar-refractivity contribution in [2.24, 2.45) is 28.6 Å². The highest BCUT2D eigenvalue weighted by atomic mass is 16.3. The zero-order valence-corrected chi connectivity index (χ0v) is 22.5. The molecule has 1 aromatic carbocycles. The average molecular weight is 523 g/mol. The SMILES string of the molecule is C=CC(=O)C[C@@H]1[C@]2(C)C(=C(O)c3c(O)cccc3[C@H]2C)C(=O)[C@@]2(O)C(O)=C(C(C)=O)C(=O)C(C(C)C)[C@@]12C. The molecule has 0 saturated heterocycles. The normalized spacial score (nSPS) is 34.6. The molecule has 3 aliphatic carbocycles.